The van der Waals surface area contributed by atoms with E-state index in [1.54, 1.807) is 4.90 Å². The lowest BCUT2D eigenvalue weighted by Gasteiger charge is -2.25. The van der Waals surface area contributed by atoms with E-state index in [-0.39, 0.29) is 11.7 Å². The Kier molecular flexibility index (Phi) is 3.62. The summed E-state index contributed by atoms with van der Waals surface area (Å²) in [5.41, 5.74) is 1.83. The van der Waals surface area contributed by atoms with Gasteiger partial charge in [-0.05, 0) is 47.5 Å². The molecule has 0 aromatic heterocycles. The number of carbonyl (C=O) groups is 1. The lowest BCUT2D eigenvalue weighted by Crippen LogP contribution is -2.34. The Morgan fingerprint density at radius 3 is 2.82 bits per heavy atom. The van der Waals surface area contributed by atoms with E-state index in [0.29, 0.717) is 16.6 Å². The molecule has 0 radical (unpaired) electrons. The van der Waals surface area contributed by atoms with Crippen LogP contribution >= 0.6 is 15.9 Å². The van der Waals surface area contributed by atoms with Crippen LogP contribution in [0.4, 0.5) is 4.39 Å². The highest BCUT2D eigenvalue weighted by Gasteiger charge is 2.18. The maximum atomic E-state index is 13.1. The Morgan fingerprint density at radius 1 is 1.47 bits per heavy atom. The van der Waals surface area contributed by atoms with Gasteiger partial charge in [-0.25, -0.2) is 4.39 Å². The normalized spacial score (nSPS) is 15.7. The topological polar surface area (TPSA) is 20.3 Å². The van der Waals surface area contributed by atoms with Crippen LogP contribution in [0.2, 0.25) is 0 Å². The van der Waals surface area contributed by atoms with Crippen LogP contribution in [0.25, 0.3) is 0 Å². The molecule has 1 aliphatic rings. The molecule has 0 bridgehead atoms. The maximum Gasteiger partial charge on any atom is 0.254 e. The number of nitrogens with zero attached hydrogens (tertiary/aromatic N) is 1. The molecule has 1 aromatic carbocycles. The molecule has 0 saturated heterocycles. The Hall–Kier alpha value is -1.16. The number of rotatable bonds is 1. The number of halogens is 2. The second-order valence-corrected chi connectivity index (χ2v) is 5.03. The summed E-state index contributed by atoms with van der Waals surface area (Å²) in [6.45, 7) is 3.44. The van der Waals surface area contributed by atoms with Crippen LogP contribution < -0.4 is 0 Å². The quantitative estimate of drug-likeness (QED) is 0.728. The van der Waals surface area contributed by atoms with Gasteiger partial charge in [-0.2, -0.15) is 0 Å². The summed E-state index contributed by atoms with van der Waals surface area (Å²) in [6.07, 6.45) is 2.97. The first kappa shape index (κ1) is 12.3. The third-order valence-corrected chi connectivity index (χ3v) is 3.50. The molecule has 2 nitrogen and oxygen atoms in total. The van der Waals surface area contributed by atoms with Crippen molar-refractivity contribution in [1.29, 1.82) is 0 Å². The van der Waals surface area contributed by atoms with Crippen LogP contribution in [0.3, 0.4) is 0 Å². The van der Waals surface area contributed by atoms with Crippen molar-refractivity contribution in [1.82, 2.24) is 4.90 Å². The van der Waals surface area contributed by atoms with Crippen LogP contribution in [0.15, 0.2) is 34.3 Å². The highest BCUT2D eigenvalue weighted by atomic mass is 79.9. The van der Waals surface area contributed by atoms with E-state index in [2.05, 4.69) is 28.9 Å². The summed E-state index contributed by atoms with van der Waals surface area (Å²) >= 11 is 3.09. The van der Waals surface area contributed by atoms with Crippen molar-refractivity contribution >= 4 is 21.8 Å². The minimum atomic E-state index is -0.351. The van der Waals surface area contributed by atoms with Gasteiger partial charge in [-0.3, -0.25) is 4.79 Å². The fraction of sp³-hybridized carbons (Fsp3) is 0.308. The lowest BCUT2D eigenvalue weighted by molar-refractivity contribution is 0.0769. The van der Waals surface area contributed by atoms with Gasteiger partial charge in [0.2, 0.25) is 0 Å². The molecule has 90 valence electrons. The fourth-order valence-corrected chi connectivity index (χ4v) is 2.15. The zero-order valence-corrected chi connectivity index (χ0v) is 11.1. The van der Waals surface area contributed by atoms with Crippen molar-refractivity contribution in [2.45, 2.75) is 13.3 Å². The van der Waals surface area contributed by atoms with Gasteiger partial charge in [0, 0.05) is 18.7 Å². The Morgan fingerprint density at radius 2 is 2.24 bits per heavy atom. The Bertz CT molecular complexity index is 484. The largest absolute Gasteiger partial charge is 0.335 e. The van der Waals surface area contributed by atoms with Gasteiger partial charge in [0.05, 0.1) is 4.47 Å². The molecule has 1 aliphatic heterocycles. The first-order valence-electron chi connectivity index (χ1n) is 5.48. The van der Waals surface area contributed by atoms with E-state index in [4.69, 9.17) is 0 Å². The molecular weight excluding hydrogens is 285 g/mol. The van der Waals surface area contributed by atoms with E-state index < -0.39 is 0 Å². The standard InChI is InChI=1S/C13H13BrFNO/c1-9-4-6-16(7-5-9)13(17)10-2-3-12(15)11(14)8-10/h2-4,8H,5-7H2,1H3. The van der Waals surface area contributed by atoms with Crippen LogP contribution in [-0.4, -0.2) is 23.9 Å². The SMILES string of the molecule is CC1=CCN(C(=O)c2ccc(F)c(Br)c2)CC1. The second-order valence-electron chi connectivity index (χ2n) is 4.18. The van der Waals surface area contributed by atoms with E-state index in [1.807, 2.05) is 0 Å². The van der Waals surface area contributed by atoms with Gasteiger partial charge in [-0.1, -0.05) is 11.6 Å². The van der Waals surface area contributed by atoms with E-state index in [9.17, 15) is 9.18 Å². The van der Waals surface area contributed by atoms with Gasteiger partial charge >= 0.3 is 0 Å². The summed E-state index contributed by atoms with van der Waals surface area (Å²) in [6, 6.07) is 4.36. The maximum absolute atomic E-state index is 13.1. The zero-order valence-electron chi connectivity index (χ0n) is 9.54. The summed E-state index contributed by atoms with van der Waals surface area (Å²) in [5.74, 6) is -0.398. The van der Waals surface area contributed by atoms with Crippen LogP contribution in [-0.2, 0) is 0 Å². The van der Waals surface area contributed by atoms with Gasteiger partial charge in [0.15, 0.2) is 0 Å². The molecule has 4 heteroatoms. The number of hydrogen-bond donors (Lipinski definition) is 0. The first-order chi connectivity index (χ1) is 8.08. The lowest BCUT2D eigenvalue weighted by atomic mass is 10.1. The molecule has 2 rings (SSSR count). The van der Waals surface area contributed by atoms with Crippen molar-refractivity contribution in [2.24, 2.45) is 0 Å². The summed E-state index contributed by atoms with van der Waals surface area (Å²) in [4.78, 5) is 13.9. The van der Waals surface area contributed by atoms with Crippen molar-refractivity contribution in [3.63, 3.8) is 0 Å². The van der Waals surface area contributed by atoms with E-state index in [0.717, 1.165) is 13.0 Å². The summed E-state index contributed by atoms with van der Waals surface area (Å²) in [5, 5.41) is 0. The number of amides is 1. The molecule has 0 aliphatic carbocycles. The summed E-state index contributed by atoms with van der Waals surface area (Å²) in [7, 11) is 0. The Balaban J connectivity index is 2.17. The van der Waals surface area contributed by atoms with E-state index >= 15 is 0 Å². The zero-order chi connectivity index (χ0) is 12.4. The monoisotopic (exact) mass is 297 g/mol. The number of hydrogen-bond acceptors (Lipinski definition) is 1. The molecular formula is C13H13BrFNO. The first-order valence-corrected chi connectivity index (χ1v) is 6.27. The van der Waals surface area contributed by atoms with Gasteiger partial charge in [0.25, 0.3) is 5.91 Å². The van der Waals surface area contributed by atoms with Crippen molar-refractivity contribution in [2.75, 3.05) is 13.1 Å². The highest BCUT2D eigenvalue weighted by Crippen LogP contribution is 2.19. The molecule has 1 amide bonds. The molecule has 0 spiro atoms. The predicted molar refractivity (Wildman–Crippen MR) is 68.4 cm³/mol. The average molecular weight is 298 g/mol. The third kappa shape index (κ3) is 2.75. The average Bonchev–Trinajstić information content (AvgIpc) is 2.33. The molecule has 0 unspecified atom stereocenters. The molecule has 0 fully saturated rings. The van der Waals surface area contributed by atoms with Crippen molar-refractivity contribution in [3.05, 3.63) is 45.7 Å². The van der Waals surface area contributed by atoms with Crippen LogP contribution in [0.1, 0.15) is 23.7 Å². The van der Waals surface area contributed by atoms with Gasteiger partial charge in [-0.15, -0.1) is 0 Å². The fourth-order valence-electron chi connectivity index (χ4n) is 1.77. The van der Waals surface area contributed by atoms with E-state index in [1.165, 1.54) is 23.8 Å². The summed E-state index contributed by atoms with van der Waals surface area (Å²) < 4.78 is 13.4. The van der Waals surface area contributed by atoms with Gasteiger partial charge in [0.1, 0.15) is 5.82 Å². The molecule has 0 atom stereocenters. The van der Waals surface area contributed by atoms with Crippen LogP contribution in [0.5, 0.6) is 0 Å². The molecule has 1 aromatic rings. The second kappa shape index (κ2) is 5.00. The smallest absolute Gasteiger partial charge is 0.254 e. The Labute approximate surface area is 108 Å². The minimum Gasteiger partial charge on any atom is -0.335 e. The molecule has 17 heavy (non-hydrogen) atoms. The van der Waals surface area contributed by atoms with Crippen molar-refractivity contribution < 1.29 is 9.18 Å². The number of benzene rings is 1. The number of carbonyl (C=O) groups excluding carboxylic acids is 1. The van der Waals surface area contributed by atoms with Crippen molar-refractivity contribution in [3.8, 4) is 0 Å². The molecule has 0 N–H and O–H groups in total. The molecule has 1 heterocycles. The van der Waals surface area contributed by atoms with Crippen LogP contribution in [0, 0.1) is 5.82 Å². The molecule has 0 saturated carbocycles. The minimum absolute atomic E-state index is 0.0468. The third-order valence-electron chi connectivity index (χ3n) is 2.89. The predicted octanol–water partition coefficient (Wildman–Crippen LogP) is 3.38. The van der Waals surface area contributed by atoms with Gasteiger partial charge < -0.3 is 4.90 Å². The highest BCUT2D eigenvalue weighted by molar-refractivity contribution is 9.10.